The van der Waals surface area contributed by atoms with Crippen LogP contribution >= 0.6 is 0 Å². The van der Waals surface area contributed by atoms with Gasteiger partial charge in [0.2, 0.25) is 0 Å². The molecule has 0 saturated carbocycles. The van der Waals surface area contributed by atoms with Crippen LogP contribution < -0.4 is 5.32 Å². The van der Waals surface area contributed by atoms with Gasteiger partial charge < -0.3 is 14.8 Å². The maximum absolute atomic E-state index is 11.5. The van der Waals surface area contributed by atoms with Crippen molar-refractivity contribution in [3.05, 3.63) is 23.0 Å². The van der Waals surface area contributed by atoms with Gasteiger partial charge >= 0.3 is 5.97 Å². The lowest BCUT2D eigenvalue weighted by Gasteiger charge is -2.25. The number of carbonyl (C=O) groups excluding carboxylic acids is 1. The molecule has 0 spiro atoms. The first-order chi connectivity index (χ1) is 7.31. The Bertz CT molecular complexity index is 331. The molecule has 2 rings (SSSR count). The van der Waals surface area contributed by atoms with Crippen molar-refractivity contribution in [1.82, 2.24) is 5.32 Å². The van der Waals surface area contributed by atoms with Crippen LogP contribution in [0.25, 0.3) is 0 Å². The van der Waals surface area contributed by atoms with Gasteiger partial charge in [0.15, 0.2) is 0 Å². The fourth-order valence-electron chi connectivity index (χ4n) is 1.78. The van der Waals surface area contributed by atoms with Gasteiger partial charge in [0, 0.05) is 24.7 Å². The van der Waals surface area contributed by atoms with Crippen LogP contribution in [-0.4, -0.2) is 25.8 Å². The van der Waals surface area contributed by atoms with Crippen molar-refractivity contribution in [2.24, 2.45) is 0 Å². The van der Waals surface area contributed by atoms with Crippen molar-refractivity contribution in [1.29, 1.82) is 0 Å². The molecule has 1 N–H and O–H groups in total. The molecule has 82 valence electrons. The zero-order valence-corrected chi connectivity index (χ0v) is 8.84. The molecule has 2 aliphatic heterocycles. The van der Waals surface area contributed by atoms with Crippen LogP contribution in [0.5, 0.6) is 0 Å². The normalized spacial score (nSPS) is 20.2. The van der Waals surface area contributed by atoms with Crippen molar-refractivity contribution >= 4 is 5.97 Å². The molecule has 0 radical (unpaired) electrons. The number of hydrogen-bond acceptors (Lipinski definition) is 4. The highest BCUT2D eigenvalue weighted by Gasteiger charge is 2.21. The SMILES string of the molecule is CCOC(=O)C1=CNC2=C(COCC2)C1. The van der Waals surface area contributed by atoms with Crippen LogP contribution in [0.2, 0.25) is 0 Å². The molecule has 0 amide bonds. The lowest BCUT2D eigenvalue weighted by molar-refractivity contribution is -0.138. The van der Waals surface area contributed by atoms with E-state index in [1.807, 2.05) is 6.92 Å². The third-order valence-corrected chi connectivity index (χ3v) is 2.56. The lowest BCUT2D eigenvalue weighted by Crippen LogP contribution is -2.25. The van der Waals surface area contributed by atoms with Gasteiger partial charge in [-0.05, 0) is 12.5 Å². The topological polar surface area (TPSA) is 47.6 Å². The van der Waals surface area contributed by atoms with Gasteiger partial charge in [-0.3, -0.25) is 0 Å². The monoisotopic (exact) mass is 209 g/mol. The van der Waals surface area contributed by atoms with Gasteiger partial charge in [-0.25, -0.2) is 4.79 Å². The van der Waals surface area contributed by atoms with E-state index in [0.29, 0.717) is 25.2 Å². The Kier molecular flexibility index (Phi) is 3.06. The minimum absolute atomic E-state index is 0.234. The highest BCUT2D eigenvalue weighted by atomic mass is 16.5. The van der Waals surface area contributed by atoms with E-state index in [2.05, 4.69) is 5.32 Å². The molecule has 4 nitrogen and oxygen atoms in total. The lowest BCUT2D eigenvalue weighted by atomic mass is 9.99. The fourth-order valence-corrected chi connectivity index (χ4v) is 1.78. The van der Waals surface area contributed by atoms with Gasteiger partial charge in [0.25, 0.3) is 0 Å². The molecule has 2 aliphatic rings. The predicted molar refractivity (Wildman–Crippen MR) is 54.9 cm³/mol. The zero-order chi connectivity index (χ0) is 10.7. The summed E-state index contributed by atoms with van der Waals surface area (Å²) in [5, 5.41) is 3.15. The van der Waals surface area contributed by atoms with Gasteiger partial charge in [-0.1, -0.05) is 0 Å². The van der Waals surface area contributed by atoms with Crippen molar-refractivity contribution in [2.75, 3.05) is 19.8 Å². The number of nitrogens with one attached hydrogen (secondary N) is 1. The van der Waals surface area contributed by atoms with E-state index in [-0.39, 0.29) is 5.97 Å². The predicted octanol–water partition coefficient (Wildman–Crippen LogP) is 1.10. The summed E-state index contributed by atoms with van der Waals surface area (Å²) in [7, 11) is 0. The largest absolute Gasteiger partial charge is 0.463 e. The second kappa shape index (κ2) is 4.49. The van der Waals surface area contributed by atoms with Crippen LogP contribution in [0.3, 0.4) is 0 Å². The summed E-state index contributed by atoms with van der Waals surface area (Å²) >= 11 is 0. The molecule has 0 unspecified atom stereocenters. The maximum Gasteiger partial charge on any atom is 0.335 e. The second-order valence-electron chi connectivity index (χ2n) is 3.60. The number of carbonyl (C=O) groups is 1. The first-order valence-corrected chi connectivity index (χ1v) is 5.22. The Morgan fingerprint density at radius 1 is 1.67 bits per heavy atom. The summed E-state index contributed by atoms with van der Waals surface area (Å²) in [6.07, 6.45) is 3.31. The molecule has 0 bridgehead atoms. The van der Waals surface area contributed by atoms with Crippen molar-refractivity contribution in [3.63, 3.8) is 0 Å². The van der Waals surface area contributed by atoms with Gasteiger partial charge in [0.1, 0.15) is 0 Å². The first kappa shape index (κ1) is 10.2. The fraction of sp³-hybridized carbons (Fsp3) is 0.545. The number of rotatable bonds is 2. The Balaban J connectivity index is 2.02. The number of esters is 1. The molecule has 0 aromatic heterocycles. The maximum atomic E-state index is 11.5. The van der Waals surface area contributed by atoms with E-state index >= 15 is 0 Å². The Labute approximate surface area is 88.9 Å². The molecular weight excluding hydrogens is 194 g/mol. The summed E-state index contributed by atoms with van der Waals surface area (Å²) in [6, 6.07) is 0. The van der Waals surface area contributed by atoms with E-state index in [4.69, 9.17) is 9.47 Å². The number of hydrogen-bond donors (Lipinski definition) is 1. The van der Waals surface area contributed by atoms with Crippen LogP contribution in [0.4, 0.5) is 0 Å². The summed E-state index contributed by atoms with van der Waals surface area (Å²) in [4.78, 5) is 11.5. The molecule has 15 heavy (non-hydrogen) atoms. The van der Waals surface area contributed by atoms with Crippen molar-refractivity contribution < 1.29 is 14.3 Å². The van der Waals surface area contributed by atoms with Gasteiger partial charge in [0.05, 0.1) is 25.4 Å². The Morgan fingerprint density at radius 3 is 3.33 bits per heavy atom. The number of dihydropyridines is 1. The summed E-state index contributed by atoms with van der Waals surface area (Å²) in [5.41, 5.74) is 3.06. The highest BCUT2D eigenvalue weighted by Crippen LogP contribution is 2.24. The van der Waals surface area contributed by atoms with Crippen LogP contribution in [0.1, 0.15) is 19.8 Å². The molecule has 0 aromatic rings. The van der Waals surface area contributed by atoms with Gasteiger partial charge in [-0.2, -0.15) is 0 Å². The standard InChI is InChI=1S/C11H15NO3/c1-2-15-11(13)8-5-9-7-14-4-3-10(9)12-6-8/h6,12H,2-5,7H2,1H3. The van der Waals surface area contributed by atoms with E-state index < -0.39 is 0 Å². The van der Waals surface area contributed by atoms with Crippen LogP contribution in [0.15, 0.2) is 23.0 Å². The average Bonchev–Trinajstić information content (AvgIpc) is 2.29. The quantitative estimate of drug-likeness (QED) is 0.692. The molecule has 4 heteroatoms. The first-order valence-electron chi connectivity index (χ1n) is 5.22. The Hall–Kier alpha value is -1.29. The van der Waals surface area contributed by atoms with Crippen molar-refractivity contribution in [3.8, 4) is 0 Å². The molecular formula is C11H15NO3. The minimum atomic E-state index is -0.234. The molecule has 0 saturated heterocycles. The van der Waals surface area contributed by atoms with Crippen molar-refractivity contribution in [2.45, 2.75) is 19.8 Å². The smallest absolute Gasteiger partial charge is 0.335 e. The molecule has 0 fully saturated rings. The molecule has 2 heterocycles. The average molecular weight is 209 g/mol. The van der Waals surface area contributed by atoms with E-state index in [1.165, 1.54) is 11.3 Å². The van der Waals surface area contributed by atoms with E-state index in [9.17, 15) is 4.79 Å². The Morgan fingerprint density at radius 2 is 2.53 bits per heavy atom. The summed E-state index contributed by atoms with van der Waals surface area (Å²) in [6.45, 7) is 3.61. The van der Waals surface area contributed by atoms with E-state index in [0.717, 1.165) is 13.0 Å². The van der Waals surface area contributed by atoms with E-state index in [1.54, 1.807) is 6.20 Å². The zero-order valence-electron chi connectivity index (χ0n) is 8.84. The van der Waals surface area contributed by atoms with Crippen LogP contribution in [-0.2, 0) is 14.3 Å². The highest BCUT2D eigenvalue weighted by molar-refractivity contribution is 5.89. The molecule has 0 aromatic carbocycles. The summed E-state index contributed by atoms with van der Waals surface area (Å²) < 4.78 is 10.3. The molecule has 0 atom stereocenters. The molecule has 0 aliphatic carbocycles. The van der Waals surface area contributed by atoms with Crippen LogP contribution in [0, 0.1) is 0 Å². The number of ether oxygens (including phenoxy) is 2. The second-order valence-corrected chi connectivity index (χ2v) is 3.60. The third-order valence-electron chi connectivity index (χ3n) is 2.56. The third kappa shape index (κ3) is 2.21. The minimum Gasteiger partial charge on any atom is -0.463 e. The summed E-state index contributed by atoms with van der Waals surface area (Å²) in [5.74, 6) is -0.234. The van der Waals surface area contributed by atoms with Gasteiger partial charge in [-0.15, -0.1) is 0 Å².